The van der Waals surface area contributed by atoms with E-state index in [1.165, 1.54) is 18.2 Å². The van der Waals surface area contributed by atoms with Gasteiger partial charge in [-0.15, -0.1) is 0 Å². The van der Waals surface area contributed by atoms with Gasteiger partial charge in [0.1, 0.15) is 11.6 Å². The minimum absolute atomic E-state index is 0.0421. The molecule has 0 bridgehead atoms. The number of phenolic OH excluding ortho intramolecular Hbond substituents is 1. The van der Waals surface area contributed by atoms with Crippen LogP contribution in [0.4, 0.5) is 4.39 Å². The molecule has 2 aromatic rings. The number of carbonyl (C=O) groups excluding carboxylic acids is 1. The highest BCUT2D eigenvalue weighted by Crippen LogP contribution is 2.31. The van der Waals surface area contributed by atoms with Gasteiger partial charge in [-0.25, -0.2) is 4.39 Å². The van der Waals surface area contributed by atoms with Gasteiger partial charge in [0.15, 0.2) is 0 Å². The lowest BCUT2D eigenvalue weighted by Crippen LogP contribution is -2.39. The molecule has 2 aromatic carbocycles. The van der Waals surface area contributed by atoms with Crippen molar-refractivity contribution in [3.05, 3.63) is 65.0 Å². The first-order valence-corrected chi connectivity index (χ1v) is 8.47. The number of likely N-dealkylation sites (tertiary alicyclic amines) is 1. The van der Waals surface area contributed by atoms with Crippen LogP contribution in [0.1, 0.15) is 40.4 Å². The van der Waals surface area contributed by atoms with Crippen molar-refractivity contribution < 1.29 is 19.4 Å². The number of piperidine rings is 1. The van der Waals surface area contributed by atoms with Gasteiger partial charge in [0.2, 0.25) is 0 Å². The Labute approximate surface area is 146 Å². The summed E-state index contributed by atoms with van der Waals surface area (Å²) in [5, 5.41) is 20.2. The second-order valence-electron chi connectivity index (χ2n) is 6.68. The van der Waals surface area contributed by atoms with Crippen LogP contribution >= 0.6 is 0 Å². The number of amides is 1. The molecule has 1 amide bonds. The van der Waals surface area contributed by atoms with Gasteiger partial charge < -0.3 is 15.1 Å². The first-order valence-electron chi connectivity index (χ1n) is 8.47. The maximum absolute atomic E-state index is 13.0. The largest absolute Gasteiger partial charge is 0.508 e. The van der Waals surface area contributed by atoms with Crippen LogP contribution in [0, 0.1) is 18.7 Å². The summed E-state index contributed by atoms with van der Waals surface area (Å²) in [6.07, 6.45) is 0.713. The lowest BCUT2D eigenvalue weighted by molar-refractivity contribution is 0.0462. The van der Waals surface area contributed by atoms with Crippen LogP contribution in [0.25, 0.3) is 0 Å². The summed E-state index contributed by atoms with van der Waals surface area (Å²) in [5.41, 5.74) is 2.02. The molecule has 1 heterocycles. The smallest absolute Gasteiger partial charge is 0.253 e. The number of benzene rings is 2. The molecule has 1 unspecified atom stereocenters. The third kappa shape index (κ3) is 3.99. The van der Waals surface area contributed by atoms with Gasteiger partial charge in [-0.1, -0.05) is 12.1 Å². The van der Waals surface area contributed by atoms with E-state index < -0.39 is 6.10 Å². The molecule has 25 heavy (non-hydrogen) atoms. The van der Waals surface area contributed by atoms with Crippen LogP contribution in [0.15, 0.2) is 42.5 Å². The fourth-order valence-electron chi connectivity index (χ4n) is 3.42. The van der Waals surface area contributed by atoms with E-state index >= 15 is 0 Å². The number of hydrogen-bond donors (Lipinski definition) is 2. The van der Waals surface area contributed by atoms with Crippen molar-refractivity contribution in [3.63, 3.8) is 0 Å². The van der Waals surface area contributed by atoms with Crippen LogP contribution in [0.2, 0.25) is 0 Å². The average molecular weight is 343 g/mol. The van der Waals surface area contributed by atoms with Gasteiger partial charge in [-0.3, -0.25) is 4.79 Å². The van der Waals surface area contributed by atoms with Crippen molar-refractivity contribution in [1.29, 1.82) is 0 Å². The minimum Gasteiger partial charge on any atom is -0.508 e. The lowest BCUT2D eigenvalue weighted by Gasteiger charge is -2.34. The van der Waals surface area contributed by atoms with Gasteiger partial charge in [0, 0.05) is 18.7 Å². The second kappa shape index (κ2) is 7.23. The number of aliphatic hydroxyl groups is 1. The molecule has 0 radical (unpaired) electrons. The zero-order chi connectivity index (χ0) is 18.0. The number of aryl methyl sites for hydroxylation is 1. The van der Waals surface area contributed by atoms with E-state index in [0.29, 0.717) is 37.1 Å². The van der Waals surface area contributed by atoms with Gasteiger partial charge in [0.25, 0.3) is 5.91 Å². The predicted molar refractivity (Wildman–Crippen MR) is 92.8 cm³/mol. The molecular formula is C20H22FNO3. The van der Waals surface area contributed by atoms with Crippen molar-refractivity contribution in [2.45, 2.75) is 25.9 Å². The van der Waals surface area contributed by atoms with Gasteiger partial charge in [0.05, 0.1) is 6.10 Å². The number of aromatic hydroxyl groups is 1. The molecule has 1 fully saturated rings. The van der Waals surface area contributed by atoms with E-state index in [2.05, 4.69) is 0 Å². The van der Waals surface area contributed by atoms with Crippen molar-refractivity contribution in [2.75, 3.05) is 13.1 Å². The standard InChI is InChI=1S/C20H22FNO3/c1-13-10-16(12-18(23)11-13)20(25)22-8-6-15(7-9-22)19(24)14-2-4-17(21)5-3-14/h2-5,10-12,15,19,23-24H,6-9H2,1H3. The van der Waals surface area contributed by atoms with Gasteiger partial charge >= 0.3 is 0 Å². The Morgan fingerprint density at radius 3 is 2.40 bits per heavy atom. The fraction of sp³-hybridized carbons (Fsp3) is 0.350. The number of aliphatic hydroxyl groups excluding tert-OH is 1. The summed E-state index contributed by atoms with van der Waals surface area (Å²) < 4.78 is 13.0. The highest BCUT2D eigenvalue weighted by Gasteiger charge is 2.28. The van der Waals surface area contributed by atoms with E-state index in [1.54, 1.807) is 29.2 Å². The summed E-state index contributed by atoms with van der Waals surface area (Å²) in [4.78, 5) is 14.4. The van der Waals surface area contributed by atoms with Crippen molar-refractivity contribution >= 4 is 5.91 Å². The van der Waals surface area contributed by atoms with E-state index in [1.807, 2.05) is 6.92 Å². The van der Waals surface area contributed by atoms with Crippen molar-refractivity contribution in [2.24, 2.45) is 5.92 Å². The molecule has 5 heteroatoms. The Morgan fingerprint density at radius 2 is 1.80 bits per heavy atom. The first-order chi connectivity index (χ1) is 11.9. The predicted octanol–water partition coefficient (Wildman–Crippen LogP) is 3.43. The lowest BCUT2D eigenvalue weighted by atomic mass is 9.87. The van der Waals surface area contributed by atoms with Crippen molar-refractivity contribution in [3.8, 4) is 5.75 Å². The quantitative estimate of drug-likeness (QED) is 0.898. The molecule has 1 aliphatic rings. The topological polar surface area (TPSA) is 60.8 Å². The summed E-state index contributed by atoms with van der Waals surface area (Å²) >= 11 is 0. The molecule has 3 rings (SSSR count). The molecule has 0 saturated carbocycles. The molecule has 0 aromatic heterocycles. The number of phenols is 1. The Hall–Kier alpha value is -2.40. The number of nitrogens with zero attached hydrogens (tertiary/aromatic N) is 1. The SMILES string of the molecule is Cc1cc(O)cc(C(=O)N2CCC(C(O)c3ccc(F)cc3)CC2)c1. The molecule has 132 valence electrons. The monoisotopic (exact) mass is 343 g/mol. The molecule has 0 aliphatic carbocycles. The molecule has 2 N–H and O–H groups in total. The number of rotatable bonds is 3. The fourth-order valence-corrected chi connectivity index (χ4v) is 3.42. The Morgan fingerprint density at radius 1 is 1.16 bits per heavy atom. The third-order valence-corrected chi connectivity index (χ3v) is 4.79. The van der Waals surface area contributed by atoms with Crippen LogP contribution in [0.3, 0.4) is 0 Å². The molecule has 1 atom stereocenters. The second-order valence-corrected chi connectivity index (χ2v) is 6.68. The Kier molecular flexibility index (Phi) is 5.04. The minimum atomic E-state index is -0.652. The highest BCUT2D eigenvalue weighted by atomic mass is 19.1. The molecule has 1 aliphatic heterocycles. The van der Waals surface area contributed by atoms with Crippen molar-refractivity contribution in [1.82, 2.24) is 4.90 Å². The molecular weight excluding hydrogens is 321 g/mol. The summed E-state index contributed by atoms with van der Waals surface area (Å²) in [5.74, 6) is -0.295. The van der Waals surface area contributed by atoms with Gasteiger partial charge in [-0.2, -0.15) is 0 Å². The molecule has 4 nitrogen and oxygen atoms in total. The molecule has 0 spiro atoms. The number of halogens is 1. The van der Waals surface area contributed by atoms with Crippen LogP contribution < -0.4 is 0 Å². The third-order valence-electron chi connectivity index (χ3n) is 4.79. The summed E-state index contributed by atoms with van der Waals surface area (Å²) in [7, 11) is 0. The Balaban J connectivity index is 1.63. The highest BCUT2D eigenvalue weighted by molar-refractivity contribution is 5.94. The normalized spacial score (nSPS) is 16.7. The number of hydrogen-bond acceptors (Lipinski definition) is 3. The average Bonchev–Trinajstić information content (AvgIpc) is 2.60. The van der Waals surface area contributed by atoms with E-state index in [9.17, 15) is 19.4 Å². The maximum atomic E-state index is 13.0. The van der Waals surface area contributed by atoms with Crippen LogP contribution in [-0.2, 0) is 0 Å². The zero-order valence-electron chi connectivity index (χ0n) is 14.2. The van der Waals surface area contributed by atoms with E-state index in [-0.39, 0.29) is 23.4 Å². The zero-order valence-corrected chi connectivity index (χ0v) is 14.2. The van der Waals surface area contributed by atoms with E-state index in [4.69, 9.17) is 0 Å². The van der Waals surface area contributed by atoms with Crippen LogP contribution in [-0.4, -0.2) is 34.1 Å². The van der Waals surface area contributed by atoms with Gasteiger partial charge in [-0.05, 0) is 67.1 Å². The summed E-state index contributed by atoms with van der Waals surface area (Å²) in [6.45, 7) is 2.94. The maximum Gasteiger partial charge on any atom is 0.253 e. The Bertz CT molecular complexity index is 732. The number of carbonyl (C=O) groups is 1. The molecule has 1 saturated heterocycles. The van der Waals surface area contributed by atoms with E-state index in [0.717, 1.165) is 5.56 Å². The first kappa shape index (κ1) is 17.4. The summed E-state index contributed by atoms with van der Waals surface area (Å²) in [6, 6.07) is 10.8. The van der Waals surface area contributed by atoms with Crippen LogP contribution in [0.5, 0.6) is 5.75 Å².